The number of benzene rings is 1. The van der Waals surface area contributed by atoms with Crippen molar-refractivity contribution < 1.29 is 18.3 Å². The molecule has 114 valence electrons. The van der Waals surface area contributed by atoms with Crippen LogP contribution in [0.3, 0.4) is 0 Å². The summed E-state index contributed by atoms with van der Waals surface area (Å²) >= 11 is 0. The Morgan fingerprint density at radius 1 is 1.29 bits per heavy atom. The van der Waals surface area contributed by atoms with Gasteiger partial charge in [0.1, 0.15) is 0 Å². The average molecular weight is 309 g/mol. The first-order chi connectivity index (χ1) is 9.87. The fourth-order valence-corrected chi connectivity index (χ4v) is 5.00. The molecule has 6 heteroatoms. The predicted molar refractivity (Wildman–Crippen MR) is 77.7 cm³/mol. The van der Waals surface area contributed by atoms with Gasteiger partial charge >= 0.3 is 5.97 Å². The number of hydrogen-bond donors (Lipinski definition) is 2. The van der Waals surface area contributed by atoms with Gasteiger partial charge in [-0.2, -0.15) is 0 Å². The largest absolute Gasteiger partial charge is 0.478 e. The third-order valence-corrected chi connectivity index (χ3v) is 6.28. The summed E-state index contributed by atoms with van der Waals surface area (Å²) in [5.41, 5.74) is 0.590. The monoisotopic (exact) mass is 309 g/mol. The molecule has 2 fully saturated rings. The van der Waals surface area contributed by atoms with E-state index in [4.69, 9.17) is 5.11 Å². The summed E-state index contributed by atoms with van der Waals surface area (Å²) in [7, 11) is -3.65. The van der Waals surface area contributed by atoms with Gasteiger partial charge in [-0.05, 0) is 55.7 Å². The van der Waals surface area contributed by atoms with Gasteiger partial charge in [-0.15, -0.1) is 0 Å². The van der Waals surface area contributed by atoms with Gasteiger partial charge in [-0.25, -0.2) is 17.9 Å². The van der Waals surface area contributed by atoms with Crippen LogP contribution in [0.15, 0.2) is 23.1 Å². The Balaban J connectivity index is 1.85. The van der Waals surface area contributed by atoms with Crippen molar-refractivity contribution in [2.24, 2.45) is 11.8 Å². The van der Waals surface area contributed by atoms with Crippen LogP contribution in [0.25, 0.3) is 0 Å². The lowest BCUT2D eigenvalue weighted by Crippen LogP contribution is -2.38. The maximum Gasteiger partial charge on any atom is 0.335 e. The first kappa shape index (κ1) is 14.5. The van der Waals surface area contributed by atoms with Crippen LogP contribution >= 0.6 is 0 Å². The number of aryl methyl sites for hydroxylation is 1. The van der Waals surface area contributed by atoms with Gasteiger partial charge < -0.3 is 5.11 Å². The minimum absolute atomic E-state index is 0.00308. The summed E-state index contributed by atoms with van der Waals surface area (Å²) in [6.45, 7) is 1.66. The van der Waals surface area contributed by atoms with Crippen molar-refractivity contribution in [3.63, 3.8) is 0 Å². The Bertz CT molecular complexity index is 683. The van der Waals surface area contributed by atoms with Crippen molar-refractivity contribution in [3.05, 3.63) is 29.3 Å². The summed E-state index contributed by atoms with van der Waals surface area (Å²) in [5.74, 6) is -0.0195. The molecule has 3 atom stereocenters. The van der Waals surface area contributed by atoms with Crippen LogP contribution in [0.5, 0.6) is 0 Å². The zero-order chi connectivity index (χ0) is 15.2. The lowest BCUT2D eigenvalue weighted by atomic mass is 9.96. The van der Waals surface area contributed by atoms with Gasteiger partial charge in [0, 0.05) is 6.04 Å². The smallest absolute Gasteiger partial charge is 0.335 e. The molecule has 3 unspecified atom stereocenters. The number of fused-ring (bicyclic) bond motifs is 2. The van der Waals surface area contributed by atoms with Crippen molar-refractivity contribution in [1.29, 1.82) is 0 Å². The second kappa shape index (κ2) is 5.10. The van der Waals surface area contributed by atoms with E-state index in [0.29, 0.717) is 17.4 Å². The molecule has 0 aromatic heterocycles. The molecule has 2 aliphatic rings. The van der Waals surface area contributed by atoms with Crippen molar-refractivity contribution in [2.45, 2.75) is 43.5 Å². The summed E-state index contributed by atoms with van der Waals surface area (Å²) in [6.07, 6.45) is 4.31. The molecule has 2 aliphatic carbocycles. The first-order valence-corrected chi connectivity index (χ1v) is 8.71. The molecule has 2 saturated carbocycles. The maximum atomic E-state index is 12.4. The van der Waals surface area contributed by atoms with Gasteiger partial charge in [0.25, 0.3) is 0 Å². The molecule has 21 heavy (non-hydrogen) atoms. The van der Waals surface area contributed by atoms with Gasteiger partial charge in [0.2, 0.25) is 10.0 Å². The van der Waals surface area contributed by atoms with E-state index in [1.807, 2.05) is 0 Å². The zero-order valence-corrected chi connectivity index (χ0v) is 12.7. The van der Waals surface area contributed by atoms with E-state index >= 15 is 0 Å². The highest BCUT2D eigenvalue weighted by atomic mass is 32.2. The summed E-state index contributed by atoms with van der Waals surface area (Å²) in [6, 6.07) is 4.26. The molecule has 0 aliphatic heterocycles. The highest BCUT2D eigenvalue weighted by molar-refractivity contribution is 7.89. The predicted octanol–water partition coefficient (Wildman–Crippen LogP) is 2.16. The van der Waals surface area contributed by atoms with Crippen LogP contribution < -0.4 is 4.72 Å². The Labute approximate surface area is 124 Å². The number of sulfonamides is 1. The van der Waals surface area contributed by atoms with E-state index in [1.165, 1.54) is 18.6 Å². The number of rotatable bonds is 4. The number of carbonyl (C=O) groups is 1. The third-order valence-electron chi connectivity index (χ3n) is 4.79. The summed E-state index contributed by atoms with van der Waals surface area (Å²) in [5, 5.41) is 9.11. The molecule has 0 amide bonds. The SMILES string of the molecule is Cc1ccc(S(=O)(=O)NC2CC3CCC2C3)cc1C(=O)O. The number of aromatic carboxylic acids is 1. The number of carboxylic acids is 1. The fourth-order valence-electron chi connectivity index (χ4n) is 3.66. The van der Waals surface area contributed by atoms with Crippen LogP contribution in [0.2, 0.25) is 0 Å². The fraction of sp³-hybridized carbons (Fsp3) is 0.533. The highest BCUT2D eigenvalue weighted by Crippen LogP contribution is 2.44. The van der Waals surface area contributed by atoms with E-state index < -0.39 is 16.0 Å². The highest BCUT2D eigenvalue weighted by Gasteiger charge is 2.41. The molecule has 0 radical (unpaired) electrons. The lowest BCUT2D eigenvalue weighted by molar-refractivity contribution is 0.0696. The van der Waals surface area contributed by atoms with E-state index in [2.05, 4.69) is 4.72 Å². The molecule has 1 aromatic rings. The Kier molecular flexibility index (Phi) is 3.53. The van der Waals surface area contributed by atoms with Crippen molar-refractivity contribution in [3.8, 4) is 0 Å². The Morgan fingerprint density at radius 3 is 2.62 bits per heavy atom. The topological polar surface area (TPSA) is 83.5 Å². The molecule has 2 N–H and O–H groups in total. The van der Waals surface area contributed by atoms with E-state index in [-0.39, 0.29) is 16.5 Å². The Morgan fingerprint density at radius 2 is 2.05 bits per heavy atom. The molecular formula is C15H19NO4S. The zero-order valence-electron chi connectivity index (χ0n) is 11.9. The second-order valence-corrected chi connectivity index (χ2v) is 7.90. The average Bonchev–Trinajstić information content (AvgIpc) is 3.00. The van der Waals surface area contributed by atoms with Crippen LogP contribution in [0, 0.1) is 18.8 Å². The second-order valence-electron chi connectivity index (χ2n) is 6.18. The molecule has 2 bridgehead atoms. The van der Waals surface area contributed by atoms with Gasteiger partial charge in [0.05, 0.1) is 10.5 Å². The lowest BCUT2D eigenvalue weighted by Gasteiger charge is -2.22. The molecular weight excluding hydrogens is 290 g/mol. The summed E-state index contributed by atoms with van der Waals surface area (Å²) in [4.78, 5) is 11.2. The van der Waals surface area contributed by atoms with Crippen LogP contribution in [-0.2, 0) is 10.0 Å². The van der Waals surface area contributed by atoms with Gasteiger partial charge in [-0.1, -0.05) is 12.5 Å². The summed E-state index contributed by atoms with van der Waals surface area (Å²) < 4.78 is 27.7. The molecule has 0 saturated heterocycles. The van der Waals surface area contributed by atoms with E-state index in [9.17, 15) is 13.2 Å². The van der Waals surface area contributed by atoms with Gasteiger partial charge in [0.15, 0.2) is 0 Å². The van der Waals surface area contributed by atoms with Crippen molar-refractivity contribution in [2.75, 3.05) is 0 Å². The van der Waals surface area contributed by atoms with E-state index in [0.717, 1.165) is 19.3 Å². The number of hydrogen-bond acceptors (Lipinski definition) is 3. The number of carboxylic acid groups (broad SMARTS) is 1. The molecule has 3 rings (SSSR count). The van der Waals surface area contributed by atoms with Crippen LogP contribution in [-0.4, -0.2) is 25.5 Å². The molecule has 1 aromatic carbocycles. The van der Waals surface area contributed by atoms with Gasteiger partial charge in [-0.3, -0.25) is 0 Å². The Hall–Kier alpha value is -1.40. The normalized spacial score (nSPS) is 28.0. The first-order valence-electron chi connectivity index (χ1n) is 7.23. The maximum absolute atomic E-state index is 12.4. The standard InChI is InChI=1S/C15H19NO4S/c1-9-2-5-12(8-13(9)15(17)18)21(19,20)16-14-7-10-3-4-11(14)6-10/h2,5,8,10-11,14,16H,3-4,6-7H2,1H3,(H,17,18). The third kappa shape index (κ3) is 2.70. The molecule has 0 heterocycles. The van der Waals surface area contributed by atoms with Crippen LogP contribution in [0.1, 0.15) is 41.6 Å². The quantitative estimate of drug-likeness (QED) is 0.892. The molecule has 5 nitrogen and oxygen atoms in total. The minimum Gasteiger partial charge on any atom is -0.478 e. The van der Waals surface area contributed by atoms with Crippen molar-refractivity contribution >= 4 is 16.0 Å². The minimum atomic E-state index is -3.65. The molecule has 0 spiro atoms. The van der Waals surface area contributed by atoms with Crippen LogP contribution in [0.4, 0.5) is 0 Å². The van der Waals surface area contributed by atoms with Crippen molar-refractivity contribution in [1.82, 2.24) is 4.72 Å². The number of nitrogens with one attached hydrogen (secondary N) is 1. The van der Waals surface area contributed by atoms with E-state index in [1.54, 1.807) is 13.0 Å².